The van der Waals surface area contributed by atoms with Gasteiger partial charge < -0.3 is 14.4 Å². The number of halogens is 2. The first-order valence-electron chi connectivity index (χ1n) is 8.39. The van der Waals surface area contributed by atoms with E-state index in [0.717, 1.165) is 0 Å². The number of benzene rings is 1. The molecule has 0 saturated carbocycles. The number of aryl methyl sites for hydroxylation is 1. The molecule has 1 aromatic heterocycles. The molecule has 0 spiro atoms. The first-order valence-corrected chi connectivity index (χ1v) is 8.77. The van der Waals surface area contributed by atoms with Gasteiger partial charge in [-0.1, -0.05) is 29.8 Å². The number of amides is 1. The molecule has 2 heterocycles. The minimum atomic E-state index is -0.293. The van der Waals surface area contributed by atoms with Crippen LogP contribution in [0.5, 0.6) is 0 Å². The molecule has 0 radical (unpaired) electrons. The number of carbonyl (C=O) groups excluding carboxylic acids is 1. The van der Waals surface area contributed by atoms with Crippen LogP contribution in [0.2, 0.25) is 5.15 Å². The average molecular weight is 379 g/mol. The molecule has 0 N–H and O–H groups in total. The van der Waals surface area contributed by atoms with Crippen LogP contribution in [0.1, 0.15) is 21.6 Å². The second kappa shape index (κ2) is 8.58. The Morgan fingerprint density at radius 2 is 2.23 bits per heavy atom. The molecule has 1 unspecified atom stereocenters. The van der Waals surface area contributed by atoms with E-state index in [0.29, 0.717) is 41.7 Å². The summed E-state index contributed by atoms with van der Waals surface area (Å²) in [6.45, 7) is 3.59. The van der Waals surface area contributed by atoms with E-state index in [1.165, 1.54) is 6.07 Å². The lowest BCUT2D eigenvalue weighted by Crippen LogP contribution is -2.47. The number of ether oxygens (including phenoxy) is 2. The fourth-order valence-corrected chi connectivity index (χ4v) is 3.11. The lowest BCUT2D eigenvalue weighted by atomic mass is 10.2. The van der Waals surface area contributed by atoms with Gasteiger partial charge in [0.05, 0.1) is 25.9 Å². The van der Waals surface area contributed by atoms with Crippen molar-refractivity contribution in [3.63, 3.8) is 0 Å². The van der Waals surface area contributed by atoms with Crippen molar-refractivity contribution < 1.29 is 18.7 Å². The fourth-order valence-electron chi connectivity index (χ4n) is 2.85. The predicted octanol–water partition coefficient (Wildman–Crippen LogP) is 3.24. The highest BCUT2D eigenvalue weighted by atomic mass is 35.5. The molecule has 138 valence electrons. The summed E-state index contributed by atoms with van der Waals surface area (Å²) < 4.78 is 24.8. The number of carbonyl (C=O) groups is 1. The van der Waals surface area contributed by atoms with Crippen molar-refractivity contribution in [3.8, 4) is 0 Å². The maximum Gasteiger partial charge on any atom is 0.254 e. The normalized spacial score (nSPS) is 17.3. The van der Waals surface area contributed by atoms with Gasteiger partial charge in [-0.2, -0.15) is 0 Å². The smallest absolute Gasteiger partial charge is 0.254 e. The van der Waals surface area contributed by atoms with Crippen molar-refractivity contribution in [1.29, 1.82) is 0 Å². The quantitative estimate of drug-likeness (QED) is 0.749. The monoisotopic (exact) mass is 378 g/mol. The number of rotatable bonds is 5. The molecular weight excluding hydrogens is 359 g/mol. The van der Waals surface area contributed by atoms with Gasteiger partial charge in [-0.05, 0) is 25.1 Å². The van der Waals surface area contributed by atoms with Gasteiger partial charge in [0.2, 0.25) is 0 Å². The number of aromatic nitrogens is 1. The minimum Gasteiger partial charge on any atom is -0.374 e. The molecule has 1 aliphatic rings. The van der Waals surface area contributed by atoms with E-state index in [2.05, 4.69) is 4.98 Å². The van der Waals surface area contributed by atoms with Crippen LogP contribution in [0.3, 0.4) is 0 Å². The predicted molar refractivity (Wildman–Crippen MR) is 95.7 cm³/mol. The van der Waals surface area contributed by atoms with Crippen LogP contribution in [0.25, 0.3) is 0 Å². The Morgan fingerprint density at radius 3 is 3.00 bits per heavy atom. The highest BCUT2D eigenvalue weighted by molar-refractivity contribution is 6.29. The van der Waals surface area contributed by atoms with E-state index >= 15 is 0 Å². The summed E-state index contributed by atoms with van der Waals surface area (Å²) in [5.74, 6) is -0.404. The number of morpholine rings is 1. The maximum absolute atomic E-state index is 13.6. The molecule has 1 amide bonds. The van der Waals surface area contributed by atoms with Gasteiger partial charge in [0, 0.05) is 29.9 Å². The van der Waals surface area contributed by atoms with Crippen LogP contribution < -0.4 is 0 Å². The van der Waals surface area contributed by atoms with Crippen LogP contribution in [0.4, 0.5) is 4.39 Å². The lowest BCUT2D eigenvalue weighted by molar-refractivity contribution is -0.0649. The van der Waals surface area contributed by atoms with Gasteiger partial charge in [-0.3, -0.25) is 4.79 Å². The maximum atomic E-state index is 13.6. The summed E-state index contributed by atoms with van der Waals surface area (Å²) in [6.07, 6.45) is -0.252. The molecule has 1 fully saturated rings. The summed E-state index contributed by atoms with van der Waals surface area (Å²) in [4.78, 5) is 18.5. The fraction of sp³-hybridized carbons (Fsp3) is 0.368. The first kappa shape index (κ1) is 18.8. The molecule has 1 saturated heterocycles. The van der Waals surface area contributed by atoms with Crippen LogP contribution in [-0.2, 0) is 16.1 Å². The third-order valence-corrected chi connectivity index (χ3v) is 4.31. The van der Waals surface area contributed by atoms with Crippen molar-refractivity contribution in [2.75, 3.05) is 26.3 Å². The zero-order chi connectivity index (χ0) is 18.5. The summed E-state index contributed by atoms with van der Waals surface area (Å²) in [6, 6.07) is 9.77. The van der Waals surface area contributed by atoms with Gasteiger partial charge in [-0.25, -0.2) is 9.37 Å². The molecule has 1 aromatic carbocycles. The van der Waals surface area contributed by atoms with Gasteiger partial charge >= 0.3 is 0 Å². The van der Waals surface area contributed by atoms with Crippen LogP contribution in [0.15, 0.2) is 36.4 Å². The Bertz CT molecular complexity index is 767. The highest BCUT2D eigenvalue weighted by Gasteiger charge is 2.25. The molecule has 26 heavy (non-hydrogen) atoms. The SMILES string of the molecule is Cc1cc(C(=O)N2CCOC(COCc3ccccc3F)C2)cc(Cl)n1. The van der Waals surface area contributed by atoms with Gasteiger partial charge in [0.25, 0.3) is 5.91 Å². The van der Waals surface area contributed by atoms with E-state index in [4.69, 9.17) is 21.1 Å². The summed E-state index contributed by atoms with van der Waals surface area (Å²) in [5, 5.41) is 0.298. The van der Waals surface area contributed by atoms with Crippen molar-refractivity contribution in [2.24, 2.45) is 0 Å². The van der Waals surface area contributed by atoms with Crippen LogP contribution >= 0.6 is 11.6 Å². The van der Waals surface area contributed by atoms with E-state index in [1.54, 1.807) is 42.2 Å². The molecule has 0 bridgehead atoms. The Hall–Kier alpha value is -2.02. The first-order chi connectivity index (χ1) is 12.5. The van der Waals surface area contributed by atoms with Crippen molar-refractivity contribution in [2.45, 2.75) is 19.6 Å². The molecule has 3 rings (SSSR count). The standard InChI is InChI=1S/C19H20ClFN2O3/c1-13-8-15(9-18(20)22-13)19(24)23-6-7-26-16(10-23)12-25-11-14-4-2-3-5-17(14)21/h2-5,8-9,16H,6-7,10-12H2,1H3. The Morgan fingerprint density at radius 1 is 1.42 bits per heavy atom. The second-order valence-electron chi connectivity index (χ2n) is 6.17. The average Bonchev–Trinajstić information content (AvgIpc) is 2.62. The van der Waals surface area contributed by atoms with Crippen molar-refractivity contribution in [1.82, 2.24) is 9.88 Å². The number of hydrogen-bond acceptors (Lipinski definition) is 4. The molecular formula is C19H20ClFN2O3. The van der Waals surface area contributed by atoms with Gasteiger partial charge in [0.15, 0.2) is 0 Å². The van der Waals surface area contributed by atoms with Crippen molar-refractivity contribution in [3.05, 3.63) is 64.2 Å². The Balaban J connectivity index is 1.55. The molecule has 1 aliphatic heterocycles. The highest BCUT2D eigenvalue weighted by Crippen LogP contribution is 2.16. The topological polar surface area (TPSA) is 51.7 Å². The minimum absolute atomic E-state index is 0.111. The summed E-state index contributed by atoms with van der Waals surface area (Å²) in [7, 11) is 0. The number of nitrogens with zero attached hydrogens (tertiary/aromatic N) is 2. The van der Waals surface area contributed by atoms with Crippen LogP contribution in [-0.4, -0.2) is 48.2 Å². The largest absolute Gasteiger partial charge is 0.374 e. The Labute approximate surface area is 156 Å². The second-order valence-corrected chi connectivity index (χ2v) is 6.56. The number of hydrogen-bond donors (Lipinski definition) is 0. The lowest BCUT2D eigenvalue weighted by Gasteiger charge is -2.33. The number of pyridine rings is 1. The zero-order valence-corrected chi connectivity index (χ0v) is 15.2. The van der Waals surface area contributed by atoms with E-state index in [-0.39, 0.29) is 31.0 Å². The zero-order valence-electron chi connectivity index (χ0n) is 14.5. The molecule has 2 aromatic rings. The third-order valence-electron chi connectivity index (χ3n) is 4.11. The van der Waals surface area contributed by atoms with E-state index < -0.39 is 0 Å². The molecule has 0 aliphatic carbocycles. The van der Waals surface area contributed by atoms with E-state index in [1.807, 2.05) is 0 Å². The molecule has 7 heteroatoms. The van der Waals surface area contributed by atoms with Crippen molar-refractivity contribution >= 4 is 17.5 Å². The summed E-state index contributed by atoms with van der Waals surface area (Å²) >= 11 is 5.94. The van der Waals surface area contributed by atoms with Gasteiger partial charge in [0.1, 0.15) is 11.0 Å². The summed E-state index contributed by atoms with van der Waals surface area (Å²) in [5.41, 5.74) is 1.70. The van der Waals surface area contributed by atoms with E-state index in [9.17, 15) is 9.18 Å². The molecule has 1 atom stereocenters. The third kappa shape index (κ3) is 4.78. The molecule has 5 nitrogen and oxygen atoms in total. The van der Waals surface area contributed by atoms with Gasteiger partial charge in [-0.15, -0.1) is 0 Å². The van der Waals surface area contributed by atoms with Crippen LogP contribution in [0, 0.1) is 12.7 Å². The Kier molecular flexibility index (Phi) is 6.19.